The molecule has 1 saturated carbocycles. The van der Waals surface area contributed by atoms with Crippen LogP contribution < -0.4 is 5.32 Å². The number of fused-ring (bicyclic) bond motifs is 3. The largest absolute Gasteiger partial charge is 0.455 e. The van der Waals surface area contributed by atoms with Crippen LogP contribution in [0.5, 0.6) is 0 Å². The predicted molar refractivity (Wildman–Crippen MR) is 115 cm³/mol. The van der Waals surface area contributed by atoms with Gasteiger partial charge in [-0.1, -0.05) is 11.2 Å². The van der Waals surface area contributed by atoms with Gasteiger partial charge in [-0.05, 0) is 43.9 Å². The molecule has 2 aliphatic rings. The number of pyridine rings is 1. The molecule has 0 atom stereocenters. The van der Waals surface area contributed by atoms with Gasteiger partial charge in [0.2, 0.25) is 0 Å². The van der Waals surface area contributed by atoms with Gasteiger partial charge in [-0.2, -0.15) is 5.10 Å². The van der Waals surface area contributed by atoms with E-state index in [1.165, 1.54) is 5.56 Å². The molecule has 4 heterocycles. The lowest BCUT2D eigenvalue weighted by atomic mass is 9.93. The number of amides is 1. The molecular formula is C24H23N5O3. The molecule has 4 aromatic rings. The highest BCUT2D eigenvalue weighted by Crippen LogP contribution is 2.42. The van der Waals surface area contributed by atoms with Crippen LogP contribution in [0.25, 0.3) is 11.3 Å². The molecule has 4 aromatic heterocycles. The summed E-state index contributed by atoms with van der Waals surface area (Å²) in [5, 5.41) is 11.7. The van der Waals surface area contributed by atoms with E-state index in [1.807, 2.05) is 29.8 Å². The molecular weight excluding hydrogens is 406 g/mol. The fourth-order valence-corrected chi connectivity index (χ4v) is 4.46. The SMILES string of the molecule is Cc1c(C(=O)NCc2cnoc2C2CC2)oc2c1-c1nn(Cc3ccccn3)cc1CC2. The summed E-state index contributed by atoms with van der Waals surface area (Å²) in [6.07, 6.45) is 9.38. The smallest absolute Gasteiger partial charge is 0.287 e. The third-order valence-electron chi connectivity index (χ3n) is 6.24. The minimum atomic E-state index is -0.227. The van der Waals surface area contributed by atoms with Crippen LogP contribution in [0.4, 0.5) is 0 Å². The summed E-state index contributed by atoms with van der Waals surface area (Å²) in [6, 6.07) is 5.87. The van der Waals surface area contributed by atoms with Crippen molar-refractivity contribution in [2.75, 3.05) is 0 Å². The number of aromatic nitrogens is 4. The first-order valence-electron chi connectivity index (χ1n) is 11.0. The highest BCUT2D eigenvalue weighted by Gasteiger charge is 2.32. The Hall–Kier alpha value is -3.68. The van der Waals surface area contributed by atoms with E-state index >= 15 is 0 Å². The Morgan fingerprint density at radius 3 is 3.00 bits per heavy atom. The maximum atomic E-state index is 12.9. The second-order valence-corrected chi connectivity index (χ2v) is 8.55. The topological polar surface area (TPSA) is 99.0 Å². The number of hydrogen-bond acceptors (Lipinski definition) is 6. The van der Waals surface area contributed by atoms with Crippen molar-refractivity contribution >= 4 is 5.91 Å². The second-order valence-electron chi connectivity index (χ2n) is 8.55. The Bertz CT molecular complexity index is 1300. The molecule has 0 radical (unpaired) electrons. The predicted octanol–water partition coefficient (Wildman–Crippen LogP) is 3.79. The average molecular weight is 429 g/mol. The normalized spacial score (nSPS) is 14.8. The monoisotopic (exact) mass is 429 g/mol. The number of hydrogen-bond donors (Lipinski definition) is 1. The van der Waals surface area contributed by atoms with E-state index in [1.54, 1.807) is 12.4 Å². The van der Waals surface area contributed by atoms with E-state index in [4.69, 9.17) is 14.0 Å². The molecule has 0 saturated heterocycles. The molecule has 8 nitrogen and oxygen atoms in total. The zero-order valence-corrected chi connectivity index (χ0v) is 17.8. The summed E-state index contributed by atoms with van der Waals surface area (Å²) in [5.41, 5.74) is 5.73. The van der Waals surface area contributed by atoms with E-state index in [-0.39, 0.29) is 5.91 Å². The van der Waals surface area contributed by atoms with Gasteiger partial charge in [-0.25, -0.2) is 0 Å². The van der Waals surface area contributed by atoms with Crippen LogP contribution in [0.15, 0.2) is 45.7 Å². The zero-order valence-electron chi connectivity index (χ0n) is 17.8. The standard InChI is InChI=1S/C24H23N5O3/c1-14-20-19(8-7-16-12-29(28-21(16)20)13-18-4-2-3-9-25-18)31-22(14)24(30)26-10-17-11-27-32-23(17)15-5-6-15/h2-4,9,11-12,15H,5-8,10,13H2,1H3,(H,26,30). The molecule has 0 spiro atoms. The van der Waals surface area contributed by atoms with Crippen LogP contribution in [0.1, 0.15) is 63.2 Å². The van der Waals surface area contributed by atoms with E-state index in [9.17, 15) is 4.79 Å². The van der Waals surface area contributed by atoms with Crippen molar-refractivity contribution in [1.29, 1.82) is 0 Å². The fourth-order valence-electron chi connectivity index (χ4n) is 4.46. The molecule has 1 fully saturated rings. The molecule has 0 unspecified atom stereocenters. The van der Waals surface area contributed by atoms with Gasteiger partial charge in [0.15, 0.2) is 5.76 Å². The molecule has 162 valence electrons. The van der Waals surface area contributed by atoms with Gasteiger partial charge in [-0.15, -0.1) is 0 Å². The second kappa shape index (κ2) is 7.47. The maximum Gasteiger partial charge on any atom is 0.287 e. The molecule has 0 aromatic carbocycles. The van der Waals surface area contributed by atoms with Crippen LogP contribution in [0, 0.1) is 6.92 Å². The highest BCUT2D eigenvalue weighted by atomic mass is 16.5. The van der Waals surface area contributed by atoms with Crippen LogP contribution in [0.2, 0.25) is 0 Å². The molecule has 32 heavy (non-hydrogen) atoms. The number of nitrogens with zero attached hydrogens (tertiary/aromatic N) is 4. The lowest BCUT2D eigenvalue weighted by molar-refractivity contribution is 0.0920. The minimum absolute atomic E-state index is 0.227. The first-order valence-corrected chi connectivity index (χ1v) is 11.0. The molecule has 2 aliphatic carbocycles. The minimum Gasteiger partial charge on any atom is -0.455 e. The van der Waals surface area contributed by atoms with Crippen LogP contribution in [0.3, 0.4) is 0 Å². The highest BCUT2D eigenvalue weighted by molar-refractivity contribution is 5.95. The maximum absolute atomic E-state index is 12.9. The third kappa shape index (κ3) is 3.32. The summed E-state index contributed by atoms with van der Waals surface area (Å²) in [4.78, 5) is 17.3. The van der Waals surface area contributed by atoms with Gasteiger partial charge in [0.25, 0.3) is 5.91 Å². The molecule has 6 rings (SSSR count). The van der Waals surface area contributed by atoms with Crippen molar-refractivity contribution in [3.63, 3.8) is 0 Å². The Labute approximate surface area is 184 Å². The van der Waals surface area contributed by atoms with Gasteiger partial charge >= 0.3 is 0 Å². The lowest BCUT2D eigenvalue weighted by Crippen LogP contribution is -2.23. The number of rotatable bonds is 6. The van der Waals surface area contributed by atoms with E-state index < -0.39 is 0 Å². The van der Waals surface area contributed by atoms with Crippen LogP contribution in [-0.4, -0.2) is 25.8 Å². The molecule has 1 N–H and O–H groups in total. The summed E-state index contributed by atoms with van der Waals surface area (Å²) < 4.78 is 13.3. The average Bonchev–Trinajstić information content (AvgIpc) is 3.24. The van der Waals surface area contributed by atoms with Crippen LogP contribution in [-0.2, 0) is 25.9 Å². The Kier molecular flexibility index (Phi) is 4.45. The summed E-state index contributed by atoms with van der Waals surface area (Å²) in [5.74, 6) is 2.29. The van der Waals surface area contributed by atoms with Crippen molar-refractivity contribution in [3.8, 4) is 11.3 Å². The fraction of sp³-hybridized carbons (Fsp3) is 0.333. The third-order valence-corrected chi connectivity index (χ3v) is 6.24. The van der Waals surface area contributed by atoms with Crippen molar-refractivity contribution in [1.82, 2.24) is 25.2 Å². The molecule has 0 bridgehead atoms. The number of aryl methyl sites for hydroxylation is 2. The zero-order chi connectivity index (χ0) is 21.7. The Morgan fingerprint density at radius 2 is 2.19 bits per heavy atom. The van der Waals surface area contributed by atoms with Gasteiger partial charge in [0.05, 0.1) is 24.1 Å². The van der Waals surface area contributed by atoms with E-state index in [2.05, 4.69) is 21.7 Å². The van der Waals surface area contributed by atoms with E-state index in [0.717, 1.165) is 65.3 Å². The first-order chi connectivity index (χ1) is 15.7. The van der Waals surface area contributed by atoms with Gasteiger partial charge in [-0.3, -0.25) is 14.5 Å². The number of nitrogens with one attached hydrogen (secondary N) is 1. The van der Waals surface area contributed by atoms with Gasteiger partial charge in [0, 0.05) is 48.0 Å². The quantitative estimate of drug-likeness (QED) is 0.501. The Balaban J connectivity index is 1.24. The molecule has 8 heteroatoms. The van der Waals surface area contributed by atoms with E-state index in [0.29, 0.717) is 24.8 Å². The van der Waals surface area contributed by atoms with Crippen LogP contribution >= 0.6 is 0 Å². The molecule has 0 aliphatic heterocycles. The first kappa shape index (κ1) is 19.0. The molecule has 1 amide bonds. The van der Waals surface area contributed by atoms with Crippen molar-refractivity contribution < 1.29 is 13.7 Å². The van der Waals surface area contributed by atoms with Gasteiger partial charge < -0.3 is 14.3 Å². The van der Waals surface area contributed by atoms with Crippen molar-refractivity contribution in [3.05, 3.63) is 76.5 Å². The van der Waals surface area contributed by atoms with Gasteiger partial charge in [0.1, 0.15) is 11.5 Å². The summed E-state index contributed by atoms with van der Waals surface area (Å²) >= 11 is 0. The Morgan fingerprint density at radius 1 is 1.28 bits per heavy atom. The number of carbonyl (C=O) groups excluding carboxylic acids is 1. The number of furan rings is 1. The number of carbonyl (C=O) groups is 1. The van der Waals surface area contributed by atoms with Crippen molar-refractivity contribution in [2.45, 2.75) is 51.6 Å². The lowest BCUT2D eigenvalue weighted by Gasteiger charge is -2.09. The summed E-state index contributed by atoms with van der Waals surface area (Å²) in [6.45, 7) is 2.91. The van der Waals surface area contributed by atoms with Crippen molar-refractivity contribution in [2.24, 2.45) is 0 Å². The summed E-state index contributed by atoms with van der Waals surface area (Å²) in [7, 11) is 0.